The van der Waals surface area contributed by atoms with E-state index in [1.807, 2.05) is 25.1 Å². The number of carbonyl (C=O) groups is 1. The van der Waals surface area contributed by atoms with Crippen molar-refractivity contribution in [1.82, 2.24) is 4.90 Å². The van der Waals surface area contributed by atoms with Crippen LogP contribution in [0.2, 0.25) is 5.02 Å². The van der Waals surface area contributed by atoms with Crippen molar-refractivity contribution in [2.45, 2.75) is 32.7 Å². The predicted octanol–water partition coefficient (Wildman–Crippen LogP) is 4.99. The molecular formula is C20H24ClNO3S. The largest absolute Gasteiger partial charge is 0.494 e. The normalized spacial score (nSPS) is 19.3. The van der Waals surface area contributed by atoms with Crippen LogP contribution in [0.5, 0.6) is 5.75 Å². The first-order valence-electron chi connectivity index (χ1n) is 8.95. The molecule has 6 heteroatoms. The van der Waals surface area contributed by atoms with Crippen LogP contribution in [0.3, 0.4) is 0 Å². The summed E-state index contributed by atoms with van der Waals surface area (Å²) in [4.78, 5) is 16.2. The Kier molecular flexibility index (Phi) is 6.22. The summed E-state index contributed by atoms with van der Waals surface area (Å²) in [5.74, 6) is -0.237. The molecule has 0 saturated carbocycles. The summed E-state index contributed by atoms with van der Waals surface area (Å²) in [6, 6.07) is 9.89. The van der Waals surface area contributed by atoms with E-state index in [1.54, 1.807) is 11.3 Å². The third-order valence-corrected chi connectivity index (χ3v) is 6.05. The highest BCUT2D eigenvalue weighted by Crippen LogP contribution is 2.41. The summed E-state index contributed by atoms with van der Waals surface area (Å²) in [6.07, 6.45) is 1.61. The summed E-state index contributed by atoms with van der Waals surface area (Å²) in [6.45, 7) is 6.02. The average Bonchev–Trinajstić information content (AvgIpc) is 3.04. The van der Waals surface area contributed by atoms with Crippen LogP contribution >= 0.6 is 22.9 Å². The summed E-state index contributed by atoms with van der Waals surface area (Å²) in [5.41, 5.74) is 1.01. The van der Waals surface area contributed by atoms with Crippen LogP contribution in [-0.4, -0.2) is 35.7 Å². The lowest BCUT2D eigenvalue weighted by atomic mass is 9.94. The number of hydrogen-bond donors (Lipinski definition) is 1. The second-order valence-electron chi connectivity index (χ2n) is 6.64. The summed E-state index contributed by atoms with van der Waals surface area (Å²) in [5, 5.41) is 10.2. The Balaban J connectivity index is 2.05. The highest BCUT2D eigenvalue weighted by atomic mass is 35.5. The van der Waals surface area contributed by atoms with Gasteiger partial charge in [-0.3, -0.25) is 9.69 Å². The molecule has 2 heterocycles. The first-order chi connectivity index (χ1) is 12.5. The molecule has 3 rings (SSSR count). The molecule has 1 N–H and O–H groups in total. The van der Waals surface area contributed by atoms with Crippen molar-refractivity contribution in [1.29, 1.82) is 0 Å². The van der Waals surface area contributed by atoms with Gasteiger partial charge in [0.15, 0.2) is 0 Å². The van der Waals surface area contributed by atoms with Gasteiger partial charge in [0.2, 0.25) is 0 Å². The number of piperidine rings is 1. The molecule has 1 aliphatic rings. The van der Waals surface area contributed by atoms with E-state index in [2.05, 4.69) is 24.0 Å². The lowest BCUT2D eigenvalue weighted by Gasteiger charge is -2.37. The van der Waals surface area contributed by atoms with Gasteiger partial charge in [-0.2, -0.15) is 0 Å². The Hall–Kier alpha value is -1.56. The highest BCUT2D eigenvalue weighted by Gasteiger charge is 2.33. The number of aryl methyl sites for hydroxylation is 1. The standard InChI is InChI=1S/C20H24ClNO3S/c1-3-25-17-8-7-15(21)11-16(17)19(18-9-6-13(2)26-18)22-10-4-5-14(12-22)20(23)24/h6-9,11,14,19H,3-5,10,12H2,1-2H3,(H,23,24). The number of aliphatic carboxylic acids is 1. The zero-order chi connectivity index (χ0) is 18.7. The van der Waals surface area contributed by atoms with Gasteiger partial charge in [-0.25, -0.2) is 0 Å². The molecule has 0 amide bonds. The molecule has 4 nitrogen and oxygen atoms in total. The maximum absolute atomic E-state index is 11.6. The Morgan fingerprint density at radius 1 is 1.42 bits per heavy atom. The van der Waals surface area contributed by atoms with Crippen molar-refractivity contribution in [3.63, 3.8) is 0 Å². The van der Waals surface area contributed by atoms with E-state index in [0.29, 0.717) is 18.2 Å². The molecule has 26 heavy (non-hydrogen) atoms. The minimum Gasteiger partial charge on any atom is -0.494 e. The number of carboxylic acids is 1. The maximum atomic E-state index is 11.6. The van der Waals surface area contributed by atoms with Gasteiger partial charge in [0.25, 0.3) is 0 Å². The monoisotopic (exact) mass is 393 g/mol. The smallest absolute Gasteiger partial charge is 0.307 e. The molecule has 2 unspecified atom stereocenters. The first-order valence-corrected chi connectivity index (χ1v) is 10.1. The molecule has 0 radical (unpaired) electrons. The van der Waals surface area contributed by atoms with Crippen molar-refractivity contribution in [3.8, 4) is 5.75 Å². The van der Waals surface area contributed by atoms with E-state index in [4.69, 9.17) is 16.3 Å². The second kappa shape index (κ2) is 8.42. The SMILES string of the molecule is CCOc1ccc(Cl)cc1C(c1ccc(C)s1)N1CCCC(C(=O)O)C1. The number of hydrogen-bond acceptors (Lipinski definition) is 4. The quantitative estimate of drug-likeness (QED) is 0.750. The molecule has 2 aromatic rings. The van der Waals surface area contributed by atoms with E-state index in [-0.39, 0.29) is 12.0 Å². The second-order valence-corrected chi connectivity index (χ2v) is 8.39. The third-order valence-electron chi connectivity index (χ3n) is 4.76. The number of carboxylic acid groups (broad SMARTS) is 1. The van der Waals surface area contributed by atoms with Crippen molar-refractivity contribution in [2.75, 3.05) is 19.7 Å². The average molecular weight is 394 g/mol. The molecule has 1 aromatic carbocycles. The fourth-order valence-corrected chi connectivity index (χ4v) is 4.80. The van der Waals surface area contributed by atoms with Crippen LogP contribution in [-0.2, 0) is 4.79 Å². The van der Waals surface area contributed by atoms with Gasteiger partial charge < -0.3 is 9.84 Å². The Morgan fingerprint density at radius 2 is 2.23 bits per heavy atom. The first kappa shape index (κ1) is 19.2. The fraction of sp³-hybridized carbons (Fsp3) is 0.450. The van der Waals surface area contributed by atoms with Crippen LogP contribution < -0.4 is 4.74 Å². The van der Waals surface area contributed by atoms with Gasteiger partial charge in [0, 0.05) is 26.9 Å². The lowest BCUT2D eigenvalue weighted by molar-refractivity contribution is -0.143. The number of halogens is 1. The fourth-order valence-electron chi connectivity index (χ4n) is 3.59. The molecule has 1 saturated heterocycles. The van der Waals surface area contributed by atoms with Gasteiger partial charge in [-0.1, -0.05) is 11.6 Å². The molecule has 2 atom stereocenters. The van der Waals surface area contributed by atoms with Crippen molar-refractivity contribution >= 4 is 28.9 Å². The number of likely N-dealkylation sites (tertiary alicyclic amines) is 1. The minimum atomic E-state index is -0.716. The summed E-state index contributed by atoms with van der Waals surface area (Å²) in [7, 11) is 0. The number of rotatable bonds is 6. The highest BCUT2D eigenvalue weighted by molar-refractivity contribution is 7.12. The Bertz CT molecular complexity index is 776. The minimum absolute atomic E-state index is 0.0453. The zero-order valence-corrected chi connectivity index (χ0v) is 16.6. The van der Waals surface area contributed by atoms with E-state index >= 15 is 0 Å². The summed E-state index contributed by atoms with van der Waals surface area (Å²) >= 11 is 8.05. The Labute approximate surface area is 163 Å². The van der Waals surface area contributed by atoms with Crippen molar-refractivity contribution in [2.24, 2.45) is 5.92 Å². The van der Waals surface area contributed by atoms with Gasteiger partial charge in [0.1, 0.15) is 5.75 Å². The Morgan fingerprint density at radius 3 is 2.88 bits per heavy atom. The molecule has 0 aliphatic carbocycles. The molecule has 0 spiro atoms. The van der Waals surface area contributed by atoms with Crippen LogP contribution in [0.4, 0.5) is 0 Å². The van der Waals surface area contributed by atoms with Crippen molar-refractivity contribution < 1.29 is 14.6 Å². The summed E-state index contributed by atoms with van der Waals surface area (Å²) < 4.78 is 5.87. The number of ether oxygens (including phenoxy) is 1. The topological polar surface area (TPSA) is 49.8 Å². The van der Waals surface area contributed by atoms with Crippen LogP contribution in [0.1, 0.15) is 41.1 Å². The van der Waals surface area contributed by atoms with Crippen molar-refractivity contribution in [3.05, 3.63) is 50.7 Å². The van der Waals surface area contributed by atoms with E-state index < -0.39 is 5.97 Å². The zero-order valence-electron chi connectivity index (χ0n) is 15.1. The molecular weight excluding hydrogens is 370 g/mol. The molecule has 0 bridgehead atoms. The van der Waals surface area contributed by atoms with Crippen LogP contribution in [0, 0.1) is 12.8 Å². The van der Waals surface area contributed by atoms with E-state index in [9.17, 15) is 9.90 Å². The number of benzene rings is 1. The van der Waals surface area contributed by atoms with Crippen LogP contribution in [0.15, 0.2) is 30.3 Å². The molecule has 1 aliphatic heterocycles. The van der Waals surface area contributed by atoms with Crippen LogP contribution in [0.25, 0.3) is 0 Å². The molecule has 1 aromatic heterocycles. The van der Waals surface area contributed by atoms with Gasteiger partial charge >= 0.3 is 5.97 Å². The number of nitrogens with zero attached hydrogens (tertiary/aromatic N) is 1. The lowest BCUT2D eigenvalue weighted by Crippen LogP contribution is -2.41. The predicted molar refractivity (Wildman–Crippen MR) is 105 cm³/mol. The molecule has 140 valence electrons. The third kappa shape index (κ3) is 4.22. The van der Waals surface area contributed by atoms with Gasteiger partial charge in [0.05, 0.1) is 18.6 Å². The van der Waals surface area contributed by atoms with E-state index in [1.165, 1.54) is 9.75 Å². The maximum Gasteiger partial charge on any atom is 0.307 e. The van der Waals surface area contributed by atoms with Gasteiger partial charge in [-0.05, 0) is 63.6 Å². The van der Waals surface area contributed by atoms with E-state index in [0.717, 1.165) is 30.7 Å². The molecule has 1 fully saturated rings. The number of thiophene rings is 1. The van der Waals surface area contributed by atoms with Gasteiger partial charge in [-0.15, -0.1) is 11.3 Å².